The molecule has 1 aliphatic carbocycles. The summed E-state index contributed by atoms with van der Waals surface area (Å²) in [5.41, 5.74) is 0. The molecule has 0 aromatic rings. The van der Waals surface area contributed by atoms with Crippen molar-refractivity contribution in [2.24, 2.45) is 0 Å². The maximum Gasteiger partial charge on any atom is 0.0116 e. The molecule has 3 rings (SSSR count). The van der Waals surface area contributed by atoms with Crippen LogP contribution < -0.4 is 5.32 Å². The van der Waals surface area contributed by atoms with Gasteiger partial charge >= 0.3 is 0 Å². The van der Waals surface area contributed by atoms with E-state index >= 15 is 0 Å². The smallest absolute Gasteiger partial charge is 0.0116 e. The first-order valence-electron chi connectivity index (χ1n) is 6.89. The summed E-state index contributed by atoms with van der Waals surface area (Å²) >= 11 is 0. The molecule has 0 aromatic carbocycles. The first kappa shape index (κ1) is 10.1. The van der Waals surface area contributed by atoms with E-state index in [0.29, 0.717) is 0 Å². The topological polar surface area (TPSA) is 15.3 Å². The second kappa shape index (κ2) is 4.06. The van der Waals surface area contributed by atoms with Crippen molar-refractivity contribution in [3.63, 3.8) is 0 Å². The van der Waals surface area contributed by atoms with Crippen molar-refractivity contribution < 1.29 is 0 Å². The monoisotopic (exact) mass is 208 g/mol. The van der Waals surface area contributed by atoms with Gasteiger partial charge in [0, 0.05) is 24.2 Å². The maximum atomic E-state index is 3.67. The minimum Gasteiger partial charge on any atom is -0.314 e. The molecule has 2 heterocycles. The van der Waals surface area contributed by atoms with Crippen LogP contribution in [0.25, 0.3) is 0 Å². The zero-order valence-corrected chi connectivity index (χ0v) is 9.91. The van der Waals surface area contributed by atoms with Gasteiger partial charge in [-0.25, -0.2) is 0 Å². The first-order valence-corrected chi connectivity index (χ1v) is 6.89. The van der Waals surface area contributed by atoms with E-state index in [1.807, 2.05) is 0 Å². The minimum absolute atomic E-state index is 0.820. The van der Waals surface area contributed by atoms with E-state index in [-0.39, 0.29) is 0 Å². The largest absolute Gasteiger partial charge is 0.314 e. The number of rotatable bonds is 3. The lowest BCUT2D eigenvalue weighted by atomic mass is 9.81. The van der Waals surface area contributed by atoms with Crippen molar-refractivity contribution in [1.29, 1.82) is 0 Å². The molecule has 15 heavy (non-hydrogen) atoms. The van der Waals surface area contributed by atoms with Crippen molar-refractivity contribution in [2.45, 2.75) is 76.0 Å². The van der Waals surface area contributed by atoms with Crippen LogP contribution in [0.3, 0.4) is 0 Å². The van der Waals surface area contributed by atoms with E-state index < -0.39 is 0 Å². The van der Waals surface area contributed by atoms with Crippen LogP contribution in [0.1, 0.15) is 51.9 Å². The molecule has 1 saturated carbocycles. The Kier molecular flexibility index (Phi) is 2.73. The van der Waals surface area contributed by atoms with Crippen LogP contribution in [0.5, 0.6) is 0 Å². The fourth-order valence-corrected chi connectivity index (χ4v) is 3.84. The molecular weight excluding hydrogens is 184 g/mol. The number of hydrogen-bond donors (Lipinski definition) is 1. The lowest BCUT2D eigenvalue weighted by molar-refractivity contribution is 0.0178. The van der Waals surface area contributed by atoms with Gasteiger partial charge in [0.15, 0.2) is 0 Å². The first-order chi connectivity index (χ1) is 7.38. The third-order valence-corrected chi connectivity index (χ3v) is 4.49. The van der Waals surface area contributed by atoms with Crippen LogP contribution in [0.4, 0.5) is 0 Å². The van der Waals surface area contributed by atoms with Crippen LogP contribution in [0, 0.1) is 0 Å². The summed E-state index contributed by atoms with van der Waals surface area (Å²) in [7, 11) is 0. The van der Waals surface area contributed by atoms with Crippen molar-refractivity contribution in [1.82, 2.24) is 10.2 Å². The molecule has 0 amide bonds. The number of fused-ring (bicyclic) bond motifs is 2. The fourth-order valence-electron chi connectivity index (χ4n) is 3.84. The molecule has 2 bridgehead atoms. The molecule has 86 valence electrons. The standard InChI is InChI=1S/C13H24N2/c1-2-14-10-8-12-4-3-5-13(9-10)15(12)11-6-7-11/h10-14H,2-9H2,1H3. The number of hydrogen-bond acceptors (Lipinski definition) is 2. The molecule has 3 fully saturated rings. The average molecular weight is 208 g/mol. The summed E-state index contributed by atoms with van der Waals surface area (Å²) in [5.74, 6) is 0. The highest BCUT2D eigenvalue weighted by atomic mass is 15.3. The van der Waals surface area contributed by atoms with E-state index in [9.17, 15) is 0 Å². The Labute approximate surface area is 93.4 Å². The van der Waals surface area contributed by atoms with Crippen molar-refractivity contribution in [2.75, 3.05) is 6.54 Å². The molecule has 2 nitrogen and oxygen atoms in total. The Bertz CT molecular complexity index is 211. The Balaban J connectivity index is 1.68. The van der Waals surface area contributed by atoms with Crippen LogP contribution in [0.2, 0.25) is 0 Å². The SMILES string of the molecule is CCNC1CC2CCCC(C1)N2C1CC1. The lowest BCUT2D eigenvalue weighted by Gasteiger charge is -2.49. The van der Waals surface area contributed by atoms with Gasteiger partial charge in [0.2, 0.25) is 0 Å². The Morgan fingerprint density at radius 3 is 2.20 bits per heavy atom. The highest BCUT2D eigenvalue weighted by Gasteiger charge is 2.44. The van der Waals surface area contributed by atoms with E-state index in [1.54, 1.807) is 0 Å². The van der Waals surface area contributed by atoms with Gasteiger partial charge in [-0.05, 0) is 45.1 Å². The van der Waals surface area contributed by atoms with Gasteiger partial charge in [0.25, 0.3) is 0 Å². The molecule has 2 aliphatic heterocycles. The molecule has 0 radical (unpaired) electrons. The molecular formula is C13H24N2. The van der Waals surface area contributed by atoms with Crippen molar-refractivity contribution >= 4 is 0 Å². The minimum atomic E-state index is 0.820. The molecule has 0 spiro atoms. The van der Waals surface area contributed by atoms with Gasteiger partial charge in [-0.3, -0.25) is 4.90 Å². The average Bonchev–Trinajstić information content (AvgIpc) is 3.00. The quantitative estimate of drug-likeness (QED) is 0.764. The van der Waals surface area contributed by atoms with E-state index in [0.717, 1.165) is 30.7 Å². The third kappa shape index (κ3) is 1.94. The number of piperidine rings is 2. The van der Waals surface area contributed by atoms with Crippen molar-refractivity contribution in [3.05, 3.63) is 0 Å². The van der Waals surface area contributed by atoms with Gasteiger partial charge in [-0.2, -0.15) is 0 Å². The van der Waals surface area contributed by atoms with Gasteiger partial charge in [-0.1, -0.05) is 13.3 Å². The molecule has 0 aromatic heterocycles. The van der Waals surface area contributed by atoms with E-state index in [1.165, 1.54) is 44.9 Å². The summed E-state index contributed by atoms with van der Waals surface area (Å²) < 4.78 is 0. The van der Waals surface area contributed by atoms with E-state index in [2.05, 4.69) is 17.1 Å². The number of nitrogens with one attached hydrogen (secondary N) is 1. The Morgan fingerprint density at radius 1 is 1.00 bits per heavy atom. The zero-order chi connectivity index (χ0) is 10.3. The fraction of sp³-hybridized carbons (Fsp3) is 1.00. The molecule has 1 N–H and O–H groups in total. The van der Waals surface area contributed by atoms with Gasteiger partial charge in [0.05, 0.1) is 0 Å². The maximum absolute atomic E-state index is 3.67. The van der Waals surface area contributed by atoms with Crippen LogP contribution in [0.15, 0.2) is 0 Å². The second-order valence-corrected chi connectivity index (χ2v) is 5.64. The molecule has 3 aliphatic rings. The molecule has 2 heteroatoms. The lowest BCUT2D eigenvalue weighted by Crippen LogP contribution is -2.56. The second-order valence-electron chi connectivity index (χ2n) is 5.64. The summed E-state index contributed by atoms with van der Waals surface area (Å²) in [5, 5.41) is 3.67. The van der Waals surface area contributed by atoms with Gasteiger partial charge in [0.1, 0.15) is 0 Å². The predicted octanol–water partition coefficient (Wildman–Crippen LogP) is 2.14. The molecule has 2 saturated heterocycles. The molecule has 2 unspecified atom stereocenters. The zero-order valence-electron chi connectivity index (χ0n) is 9.91. The van der Waals surface area contributed by atoms with Gasteiger partial charge < -0.3 is 5.32 Å². The number of nitrogens with zero attached hydrogens (tertiary/aromatic N) is 1. The normalized spacial score (nSPS) is 41.8. The van der Waals surface area contributed by atoms with E-state index in [4.69, 9.17) is 0 Å². The van der Waals surface area contributed by atoms with Gasteiger partial charge in [-0.15, -0.1) is 0 Å². The van der Waals surface area contributed by atoms with Crippen LogP contribution in [-0.4, -0.2) is 35.6 Å². The summed E-state index contributed by atoms with van der Waals surface area (Å²) in [6, 6.07) is 3.66. The summed E-state index contributed by atoms with van der Waals surface area (Å²) in [6.07, 6.45) is 10.2. The predicted molar refractivity (Wildman–Crippen MR) is 63.0 cm³/mol. The van der Waals surface area contributed by atoms with Crippen molar-refractivity contribution in [3.8, 4) is 0 Å². The Hall–Kier alpha value is -0.0800. The molecule has 2 atom stereocenters. The third-order valence-electron chi connectivity index (χ3n) is 4.49. The van der Waals surface area contributed by atoms with Crippen LogP contribution >= 0.6 is 0 Å². The highest BCUT2D eigenvalue weighted by Crippen LogP contribution is 2.41. The summed E-state index contributed by atoms with van der Waals surface area (Å²) in [6.45, 7) is 3.39. The van der Waals surface area contributed by atoms with Crippen LogP contribution in [-0.2, 0) is 0 Å². The summed E-state index contributed by atoms with van der Waals surface area (Å²) in [4.78, 5) is 2.90. The highest BCUT2D eigenvalue weighted by molar-refractivity contribution is 5.01. The Morgan fingerprint density at radius 2 is 1.67 bits per heavy atom.